The van der Waals surface area contributed by atoms with E-state index in [1.165, 1.54) is 34.9 Å². The fourth-order valence-corrected chi connectivity index (χ4v) is 7.19. The second-order valence-corrected chi connectivity index (χ2v) is 11.1. The number of amides is 1. The number of rotatable bonds is 10. The van der Waals surface area contributed by atoms with Crippen LogP contribution >= 0.6 is 11.3 Å². The molecule has 0 spiro atoms. The van der Waals surface area contributed by atoms with E-state index in [1.54, 1.807) is 38.5 Å². The van der Waals surface area contributed by atoms with Crippen LogP contribution in [0.4, 0.5) is 0 Å². The van der Waals surface area contributed by atoms with Crippen molar-refractivity contribution in [3.8, 4) is 17.2 Å². The standard InChI is InChI=1S/C25H31N3O7S2/c1-5-35-16-15-27-22-20(33-3)12-13-21(34-4)23(22)36-25(27)26-24(29)19-7-6-14-28(19)37(30,31)18-10-8-17(32-2)9-11-18/h8-13,19H,5-7,14-16H2,1-4H3. The molecule has 3 aromatic rings. The SMILES string of the molecule is CCOCCn1c(=NC(=O)C2CCCN2S(=O)(=O)c2ccc(OC)cc2)sc2c(OC)ccc(OC)c21. The third-order valence-corrected chi connectivity index (χ3v) is 9.23. The normalized spacial score (nSPS) is 16.9. The molecule has 0 radical (unpaired) electrons. The smallest absolute Gasteiger partial charge is 0.266 e. The largest absolute Gasteiger partial charge is 0.497 e. The van der Waals surface area contributed by atoms with Gasteiger partial charge in [0.25, 0.3) is 5.91 Å². The highest BCUT2D eigenvalue weighted by atomic mass is 32.2. The van der Waals surface area contributed by atoms with Gasteiger partial charge in [0.15, 0.2) is 4.80 Å². The Morgan fingerprint density at radius 3 is 2.41 bits per heavy atom. The minimum Gasteiger partial charge on any atom is -0.497 e. The molecule has 4 rings (SSSR count). The second kappa shape index (κ2) is 11.6. The highest BCUT2D eigenvalue weighted by Crippen LogP contribution is 2.35. The van der Waals surface area contributed by atoms with Crippen molar-refractivity contribution in [1.82, 2.24) is 8.87 Å². The Kier molecular flexibility index (Phi) is 8.53. The molecule has 1 unspecified atom stereocenters. The number of nitrogens with zero attached hydrogens (tertiary/aromatic N) is 3. The van der Waals surface area contributed by atoms with Gasteiger partial charge in [-0.2, -0.15) is 9.30 Å². The summed E-state index contributed by atoms with van der Waals surface area (Å²) in [5.74, 6) is 1.28. The number of carbonyl (C=O) groups is 1. The van der Waals surface area contributed by atoms with Crippen molar-refractivity contribution in [2.75, 3.05) is 41.1 Å². The Balaban J connectivity index is 1.75. The summed E-state index contributed by atoms with van der Waals surface area (Å²) in [5, 5.41) is 0. The van der Waals surface area contributed by atoms with Gasteiger partial charge < -0.3 is 23.5 Å². The lowest BCUT2D eigenvalue weighted by molar-refractivity contribution is -0.121. The van der Waals surface area contributed by atoms with Gasteiger partial charge in [-0.25, -0.2) is 8.42 Å². The lowest BCUT2D eigenvalue weighted by atomic mass is 10.2. The molecule has 1 aliphatic rings. The Bertz CT molecular complexity index is 1430. The minimum atomic E-state index is -3.89. The Hall–Kier alpha value is -2.93. The van der Waals surface area contributed by atoms with Crippen molar-refractivity contribution >= 4 is 37.5 Å². The quantitative estimate of drug-likeness (QED) is 0.358. The van der Waals surface area contributed by atoms with Crippen LogP contribution in [0.3, 0.4) is 0 Å². The predicted molar refractivity (Wildman–Crippen MR) is 140 cm³/mol. The summed E-state index contributed by atoms with van der Waals surface area (Å²) in [5.41, 5.74) is 0.743. The van der Waals surface area contributed by atoms with Crippen molar-refractivity contribution in [2.45, 2.75) is 37.2 Å². The summed E-state index contributed by atoms with van der Waals surface area (Å²) < 4.78 is 52.5. The first-order chi connectivity index (χ1) is 17.8. The first kappa shape index (κ1) is 27.1. The molecular formula is C25H31N3O7S2. The number of carbonyl (C=O) groups excluding carboxylic acids is 1. The molecule has 1 fully saturated rings. The molecule has 0 N–H and O–H groups in total. The fourth-order valence-electron chi connectivity index (χ4n) is 4.37. The summed E-state index contributed by atoms with van der Waals surface area (Å²) in [7, 11) is 0.778. The van der Waals surface area contributed by atoms with Crippen molar-refractivity contribution < 1.29 is 32.2 Å². The van der Waals surface area contributed by atoms with Gasteiger partial charge >= 0.3 is 0 Å². The molecule has 1 amide bonds. The number of thiazole rings is 1. The molecule has 2 heterocycles. The number of hydrogen-bond acceptors (Lipinski definition) is 8. The third-order valence-electron chi connectivity index (χ3n) is 6.22. The summed E-state index contributed by atoms with van der Waals surface area (Å²) in [4.78, 5) is 18.5. The molecule has 2 aromatic carbocycles. The van der Waals surface area contributed by atoms with Crippen LogP contribution in [0.5, 0.6) is 17.2 Å². The number of ether oxygens (including phenoxy) is 4. The molecule has 0 saturated carbocycles. The Labute approximate surface area is 220 Å². The molecule has 200 valence electrons. The molecule has 10 nitrogen and oxygen atoms in total. The first-order valence-corrected chi connectivity index (χ1v) is 14.2. The number of benzene rings is 2. The van der Waals surface area contributed by atoms with Gasteiger partial charge in [-0.05, 0) is 56.2 Å². The summed E-state index contributed by atoms with van der Waals surface area (Å²) in [6.07, 6.45) is 0.966. The van der Waals surface area contributed by atoms with Crippen LogP contribution in [0.2, 0.25) is 0 Å². The molecule has 1 saturated heterocycles. The van der Waals surface area contributed by atoms with Crippen LogP contribution < -0.4 is 19.0 Å². The zero-order valence-electron chi connectivity index (χ0n) is 21.3. The van der Waals surface area contributed by atoms with E-state index in [9.17, 15) is 13.2 Å². The average molecular weight is 550 g/mol. The number of aromatic nitrogens is 1. The molecule has 1 aliphatic heterocycles. The van der Waals surface area contributed by atoms with Gasteiger partial charge in [-0.1, -0.05) is 11.3 Å². The molecule has 37 heavy (non-hydrogen) atoms. The zero-order valence-corrected chi connectivity index (χ0v) is 22.9. The van der Waals surface area contributed by atoms with Crippen molar-refractivity contribution in [1.29, 1.82) is 0 Å². The highest BCUT2D eigenvalue weighted by Gasteiger charge is 2.39. The van der Waals surface area contributed by atoms with Crippen LogP contribution in [-0.2, 0) is 26.1 Å². The van der Waals surface area contributed by atoms with E-state index < -0.39 is 22.0 Å². The van der Waals surface area contributed by atoms with Crippen LogP contribution in [0, 0.1) is 0 Å². The summed E-state index contributed by atoms with van der Waals surface area (Å²) >= 11 is 1.29. The predicted octanol–water partition coefficient (Wildman–Crippen LogP) is 3.05. The summed E-state index contributed by atoms with van der Waals surface area (Å²) in [6, 6.07) is 8.86. The van der Waals surface area contributed by atoms with Gasteiger partial charge in [0, 0.05) is 19.7 Å². The highest BCUT2D eigenvalue weighted by molar-refractivity contribution is 7.89. The lowest BCUT2D eigenvalue weighted by Crippen LogP contribution is -2.40. The second-order valence-electron chi connectivity index (χ2n) is 8.28. The monoisotopic (exact) mass is 549 g/mol. The number of hydrogen-bond donors (Lipinski definition) is 0. The van der Waals surface area contributed by atoms with Crippen molar-refractivity contribution in [3.63, 3.8) is 0 Å². The van der Waals surface area contributed by atoms with Gasteiger partial charge in [0.05, 0.1) is 32.8 Å². The van der Waals surface area contributed by atoms with Crippen LogP contribution in [0.1, 0.15) is 19.8 Å². The Morgan fingerprint density at radius 2 is 1.76 bits per heavy atom. The van der Waals surface area contributed by atoms with Crippen LogP contribution in [-0.4, -0.2) is 70.3 Å². The van der Waals surface area contributed by atoms with Crippen LogP contribution in [0.25, 0.3) is 10.2 Å². The lowest BCUT2D eigenvalue weighted by Gasteiger charge is -2.21. The van der Waals surface area contributed by atoms with Crippen molar-refractivity contribution in [2.24, 2.45) is 4.99 Å². The molecule has 1 atom stereocenters. The maximum Gasteiger partial charge on any atom is 0.266 e. The Morgan fingerprint density at radius 1 is 1.05 bits per heavy atom. The van der Waals surface area contributed by atoms with Gasteiger partial charge in [-0.3, -0.25) is 4.79 Å². The first-order valence-electron chi connectivity index (χ1n) is 11.9. The third kappa shape index (κ3) is 5.37. The number of fused-ring (bicyclic) bond motifs is 1. The van der Waals surface area contributed by atoms with E-state index in [2.05, 4.69) is 4.99 Å². The minimum absolute atomic E-state index is 0.108. The van der Waals surface area contributed by atoms with Crippen LogP contribution in [0.15, 0.2) is 46.3 Å². The van der Waals surface area contributed by atoms with Gasteiger partial charge in [-0.15, -0.1) is 0 Å². The fraction of sp³-hybridized carbons (Fsp3) is 0.440. The molecule has 0 aliphatic carbocycles. The zero-order chi connectivity index (χ0) is 26.6. The maximum absolute atomic E-state index is 13.5. The summed E-state index contributed by atoms with van der Waals surface area (Å²) in [6.45, 7) is 3.55. The molecular weight excluding hydrogens is 518 g/mol. The molecule has 1 aromatic heterocycles. The van der Waals surface area contributed by atoms with E-state index in [0.717, 1.165) is 10.2 Å². The molecule has 0 bridgehead atoms. The number of methoxy groups -OCH3 is 3. The number of sulfonamides is 1. The van der Waals surface area contributed by atoms with Gasteiger partial charge in [0.1, 0.15) is 33.5 Å². The van der Waals surface area contributed by atoms with E-state index >= 15 is 0 Å². The van der Waals surface area contributed by atoms with Gasteiger partial charge in [0.2, 0.25) is 10.0 Å². The van der Waals surface area contributed by atoms with E-state index in [-0.39, 0.29) is 11.4 Å². The molecule has 12 heteroatoms. The average Bonchev–Trinajstić information content (AvgIpc) is 3.55. The van der Waals surface area contributed by atoms with E-state index in [1.807, 2.05) is 11.5 Å². The topological polar surface area (TPSA) is 109 Å². The van der Waals surface area contributed by atoms with Crippen molar-refractivity contribution in [3.05, 3.63) is 41.2 Å². The maximum atomic E-state index is 13.5. The van der Waals surface area contributed by atoms with E-state index in [0.29, 0.717) is 54.7 Å². The van der Waals surface area contributed by atoms with E-state index in [4.69, 9.17) is 18.9 Å².